The first-order valence-corrected chi connectivity index (χ1v) is 12.2. The molecule has 2 heterocycles. The lowest BCUT2D eigenvalue weighted by Crippen LogP contribution is -2.43. The summed E-state index contributed by atoms with van der Waals surface area (Å²) in [5.74, 6) is 2.88. The van der Waals surface area contributed by atoms with Crippen molar-refractivity contribution in [2.45, 2.75) is 18.6 Å². The molecule has 0 radical (unpaired) electrons. The molecule has 2 aromatic carbocycles. The molecule has 0 saturated carbocycles. The fourth-order valence-corrected chi connectivity index (χ4v) is 4.68. The molecule has 1 saturated heterocycles. The molecule has 4 rings (SSSR count). The van der Waals surface area contributed by atoms with Gasteiger partial charge in [-0.15, -0.1) is 22.0 Å². The second-order valence-corrected chi connectivity index (χ2v) is 9.04. The first-order chi connectivity index (χ1) is 15.7. The Morgan fingerprint density at radius 2 is 1.91 bits per heavy atom. The van der Waals surface area contributed by atoms with Crippen molar-refractivity contribution in [3.8, 4) is 23.0 Å². The van der Waals surface area contributed by atoms with Crippen molar-refractivity contribution < 1.29 is 14.3 Å². The number of hydrogen-bond acceptors (Lipinski definition) is 8. The third-order valence-electron chi connectivity index (χ3n) is 5.42. The van der Waals surface area contributed by atoms with E-state index in [1.165, 1.54) is 0 Å². The van der Waals surface area contributed by atoms with Gasteiger partial charge in [0.15, 0.2) is 0 Å². The minimum atomic E-state index is -0.208. The van der Waals surface area contributed by atoms with Crippen LogP contribution in [0, 0.1) is 0 Å². The molecular weight excluding hydrogens is 424 g/mol. The topological polar surface area (TPSA) is 83.7 Å². The van der Waals surface area contributed by atoms with Gasteiger partial charge in [-0.2, -0.15) is 0 Å². The van der Waals surface area contributed by atoms with E-state index in [0.29, 0.717) is 18.4 Å². The Balaban J connectivity index is 1.35. The summed E-state index contributed by atoms with van der Waals surface area (Å²) in [4.78, 5) is 2.47. The molecule has 1 atom stereocenters. The molecule has 0 bridgehead atoms. The third-order valence-corrected chi connectivity index (χ3v) is 6.54. The number of aromatic hydroxyl groups is 1. The maximum Gasteiger partial charge on any atom is 0.247 e. The van der Waals surface area contributed by atoms with Crippen LogP contribution in [0.3, 0.4) is 0 Å². The molecule has 170 valence electrons. The lowest BCUT2D eigenvalue weighted by Gasteiger charge is -2.26. The average Bonchev–Trinajstić information content (AvgIpc) is 3.32. The fourth-order valence-electron chi connectivity index (χ4n) is 3.73. The van der Waals surface area contributed by atoms with Gasteiger partial charge in [0, 0.05) is 43.9 Å². The van der Waals surface area contributed by atoms with E-state index in [-0.39, 0.29) is 11.0 Å². The van der Waals surface area contributed by atoms with Gasteiger partial charge in [-0.1, -0.05) is 25.1 Å². The van der Waals surface area contributed by atoms with Gasteiger partial charge in [0.25, 0.3) is 0 Å². The summed E-state index contributed by atoms with van der Waals surface area (Å²) in [5.41, 5.74) is 1.62. The van der Waals surface area contributed by atoms with Crippen LogP contribution in [0.2, 0.25) is 0 Å². The number of nitrogens with zero attached hydrogens (tertiary/aromatic N) is 3. The monoisotopic (exact) mass is 454 g/mol. The Hall–Kier alpha value is -2.55. The van der Waals surface area contributed by atoms with E-state index in [9.17, 15) is 5.11 Å². The van der Waals surface area contributed by atoms with Crippen LogP contribution >= 0.6 is 11.8 Å². The van der Waals surface area contributed by atoms with Crippen molar-refractivity contribution in [1.29, 1.82) is 0 Å². The predicted octanol–water partition coefficient (Wildman–Crippen LogP) is 3.96. The number of phenolic OH excluding ortho intramolecular Hbond substituents is 1. The van der Waals surface area contributed by atoms with Crippen LogP contribution in [0.15, 0.2) is 52.9 Å². The average molecular weight is 455 g/mol. The van der Waals surface area contributed by atoms with Gasteiger partial charge in [-0.25, -0.2) is 0 Å². The van der Waals surface area contributed by atoms with Crippen molar-refractivity contribution in [2.75, 3.05) is 45.1 Å². The Morgan fingerprint density at radius 1 is 1.12 bits per heavy atom. The van der Waals surface area contributed by atoms with Gasteiger partial charge in [-0.05, 0) is 42.5 Å². The van der Waals surface area contributed by atoms with E-state index >= 15 is 0 Å². The standard InChI is InChI=1S/C24H30N4O3S/c1-2-32-22(20-6-3-4-7-21(20)29)24-27-26-23(31-24)18-8-10-19(11-9-18)30-17-5-14-28-15-12-25-13-16-28/h3-4,6-11,22,25,29H,2,5,12-17H2,1H3. The minimum absolute atomic E-state index is 0.208. The number of thioether (sulfide) groups is 1. The van der Waals surface area contributed by atoms with E-state index < -0.39 is 0 Å². The van der Waals surface area contributed by atoms with E-state index in [2.05, 4.69) is 27.3 Å². The van der Waals surface area contributed by atoms with E-state index in [0.717, 1.165) is 61.8 Å². The zero-order chi connectivity index (χ0) is 22.2. The lowest BCUT2D eigenvalue weighted by molar-refractivity contribution is 0.214. The normalized spacial score (nSPS) is 15.5. The van der Waals surface area contributed by atoms with Crippen LogP contribution in [-0.4, -0.2) is 65.3 Å². The Morgan fingerprint density at radius 3 is 2.66 bits per heavy atom. The summed E-state index contributed by atoms with van der Waals surface area (Å²) >= 11 is 1.65. The molecule has 1 unspecified atom stereocenters. The highest BCUT2D eigenvalue weighted by atomic mass is 32.2. The van der Waals surface area contributed by atoms with Crippen LogP contribution in [0.5, 0.6) is 11.5 Å². The SMILES string of the molecule is CCSC(c1nnc(-c2ccc(OCCCN3CCNCC3)cc2)o1)c1ccccc1O. The number of rotatable bonds is 10. The predicted molar refractivity (Wildman–Crippen MR) is 127 cm³/mol. The lowest BCUT2D eigenvalue weighted by atomic mass is 10.1. The summed E-state index contributed by atoms with van der Waals surface area (Å²) in [6, 6.07) is 15.0. The number of benzene rings is 2. The number of hydrogen-bond donors (Lipinski definition) is 2. The van der Waals surface area contributed by atoms with E-state index in [1.807, 2.05) is 36.4 Å². The first-order valence-electron chi connectivity index (χ1n) is 11.1. The molecule has 0 amide bonds. The largest absolute Gasteiger partial charge is 0.508 e. The van der Waals surface area contributed by atoms with Gasteiger partial charge in [0.05, 0.1) is 6.61 Å². The van der Waals surface area contributed by atoms with Crippen molar-refractivity contribution >= 4 is 11.8 Å². The molecule has 1 aromatic heterocycles. The molecule has 1 fully saturated rings. The molecule has 32 heavy (non-hydrogen) atoms. The number of phenols is 1. The summed E-state index contributed by atoms with van der Waals surface area (Å²) in [5, 5.41) is 21.9. The van der Waals surface area contributed by atoms with Crippen molar-refractivity contribution in [1.82, 2.24) is 20.4 Å². The molecule has 0 spiro atoms. The van der Waals surface area contributed by atoms with Crippen LogP contribution in [0.25, 0.3) is 11.5 Å². The zero-order valence-electron chi connectivity index (χ0n) is 18.4. The maximum absolute atomic E-state index is 10.3. The number of aromatic nitrogens is 2. The fraction of sp³-hybridized carbons (Fsp3) is 0.417. The number of piperazine rings is 1. The summed E-state index contributed by atoms with van der Waals surface area (Å²) < 4.78 is 11.9. The quantitative estimate of drug-likeness (QED) is 0.446. The summed E-state index contributed by atoms with van der Waals surface area (Å²) in [6.07, 6.45) is 1.01. The number of nitrogens with one attached hydrogen (secondary N) is 1. The van der Waals surface area contributed by atoms with Crippen LogP contribution < -0.4 is 10.1 Å². The molecule has 3 aromatic rings. The molecule has 8 heteroatoms. The van der Waals surface area contributed by atoms with Crippen LogP contribution in [-0.2, 0) is 0 Å². The van der Waals surface area contributed by atoms with Gasteiger partial charge in [0.2, 0.25) is 11.8 Å². The van der Waals surface area contributed by atoms with E-state index in [4.69, 9.17) is 9.15 Å². The van der Waals surface area contributed by atoms with Gasteiger partial charge < -0.3 is 24.5 Å². The van der Waals surface area contributed by atoms with Crippen LogP contribution in [0.1, 0.15) is 30.0 Å². The second kappa shape index (κ2) is 11.4. The Bertz CT molecular complexity index is 973. The summed E-state index contributed by atoms with van der Waals surface area (Å²) in [7, 11) is 0. The first kappa shape index (κ1) is 22.6. The van der Waals surface area contributed by atoms with Gasteiger partial charge >= 0.3 is 0 Å². The van der Waals surface area contributed by atoms with Crippen molar-refractivity contribution in [2.24, 2.45) is 0 Å². The highest BCUT2D eigenvalue weighted by molar-refractivity contribution is 7.99. The Kier molecular flexibility index (Phi) is 8.03. The van der Waals surface area contributed by atoms with Crippen molar-refractivity contribution in [3.63, 3.8) is 0 Å². The highest BCUT2D eigenvalue weighted by Gasteiger charge is 2.23. The summed E-state index contributed by atoms with van der Waals surface area (Å²) in [6.45, 7) is 8.21. The Labute approximate surface area is 193 Å². The van der Waals surface area contributed by atoms with Crippen molar-refractivity contribution in [3.05, 3.63) is 60.0 Å². The molecular formula is C24H30N4O3S. The number of para-hydroxylation sites is 1. The molecule has 1 aliphatic heterocycles. The molecule has 1 aliphatic rings. The highest BCUT2D eigenvalue weighted by Crippen LogP contribution is 2.39. The smallest absolute Gasteiger partial charge is 0.247 e. The van der Waals surface area contributed by atoms with E-state index in [1.54, 1.807) is 23.9 Å². The van der Waals surface area contributed by atoms with Gasteiger partial charge in [0.1, 0.15) is 16.7 Å². The molecule has 0 aliphatic carbocycles. The third kappa shape index (κ3) is 5.82. The number of ether oxygens (including phenoxy) is 1. The molecule has 2 N–H and O–H groups in total. The van der Waals surface area contributed by atoms with Gasteiger partial charge in [-0.3, -0.25) is 0 Å². The minimum Gasteiger partial charge on any atom is -0.508 e. The second-order valence-electron chi connectivity index (χ2n) is 7.66. The maximum atomic E-state index is 10.3. The zero-order valence-corrected chi connectivity index (χ0v) is 19.2. The molecule has 7 nitrogen and oxygen atoms in total. The van der Waals surface area contributed by atoms with Crippen LogP contribution in [0.4, 0.5) is 0 Å².